The maximum absolute atomic E-state index is 10.1. The van der Waals surface area contributed by atoms with Gasteiger partial charge in [0.15, 0.2) is 0 Å². The van der Waals surface area contributed by atoms with Crippen molar-refractivity contribution in [2.75, 3.05) is 0 Å². The largest absolute Gasteiger partial charge is 0.393 e. The molecule has 0 aromatic rings. The Morgan fingerprint density at radius 3 is 1.09 bits per heavy atom. The minimum Gasteiger partial charge on any atom is -0.393 e. The molecule has 0 aliphatic carbocycles. The molecule has 32 heavy (non-hydrogen) atoms. The second kappa shape index (κ2) is 25.5. The van der Waals surface area contributed by atoms with Crippen molar-refractivity contribution in [2.24, 2.45) is 0 Å². The van der Waals surface area contributed by atoms with E-state index in [2.05, 4.69) is 13.8 Å². The predicted molar refractivity (Wildman–Crippen MR) is 140 cm³/mol. The lowest BCUT2D eigenvalue weighted by Gasteiger charge is -2.19. The van der Waals surface area contributed by atoms with E-state index in [0.29, 0.717) is 19.3 Å². The van der Waals surface area contributed by atoms with Gasteiger partial charge in [0.25, 0.3) is 0 Å². The maximum atomic E-state index is 10.1. The van der Waals surface area contributed by atoms with Crippen LogP contribution in [0.3, 0.4) is 0 Å². The van der Waals surface area contributed by atoms with Crippen LogP contribution in [0.1, 0.15) is 168 Å². The normalized spacial score (nSPS) is 14.5. The number of unbranched alkanes of at least 4 members (excludes halogenated alkanes) is 18. The standard InChI is InChI=1S/C29H60O3/c1-3-5-7-9-10-11-12-13-14-15-16-17-18-19-20-21-23-27(30)25-26-29(32)28(31)24-22-8-6-4-2/h27-32H,3-26H2,1-2H3/t27-,28-,29+/m0/s1. The van der Waals surface area contributed by atoms with Crippen LogP contribution in [0.2, 0.25) is 0 Å². The summed E-state index contributed by atoms with van der Waals surface area (Å²) in [7, 11) is 0. The fraction of sp³-hybridized carbons (Fsp3) is 1.00. The molecule has 0 saturated carbocycles. The molecule has 3 atom stereocenters. The number of hydrogen-bond donors (Lipinski definition) is 3. The molecule has 0 amide bonds. The Balaban J connectivity index is 3.33. The van der Waals surface area contributed by atoms with Crippen molar-refractivity contribution >= 4 is 0 Å². The zero-order valence-electron chi connectivity index (χ0n) is 22.0. The van der Waals surface area contributed by atoms with Crippen molar-refractivity contribution in [2.45, 2.75) is 186 Å². The number of aliphatic hydroxyl groups is 3. The zero-order valence-corrected chi connectivity index (χ0v) is 22.0. The number of hydrogen-bond acceptors (Lipinski definition) is 3. The summed E-state index contributed by atoms with van der Waals surface area (Å²) in [5, 5.41) is 30.2. The average Bonchev–Trinajstić information content (AvgIpc) is 2.79. The first-order valence-electron chi connectivity index (χ1n) is 14.7. The van der Waals surface area contributed by atoms with E-state index in [9.17, 15) is 15.3 Å². The summed E-state index contributed by atoms with van der Waals surface area (Å²) >= 11 is 0. The summed E-state index contributed by atoms with van der Waals surface area (Å²) in [6.07, 6.45) is 27.3. The van der Waals surface area contributed by atoms with Crippen LogP contribution < -0.4 is 0 Å². The Labute approximate surface area is 201 Å². The molecule has 0 saturated heterocycles. The summed E-state index contributed by atoms with van der Waals surface area (Å²) in [5.74, 6) is 0. The van der Waals surface area contributed by atoms with Crippen molar-refractivity contribution in [1.82, 2.24) is 0 Å². The van der Waals surface area contributed by atoms with Crippen LogP contribution in [0.25, 0.3) is 0 Å². The quantitative estimate of drug-likeness (QED) is 0.114. The molecule has 0 bridgehead atoms. The van der Waals surface area contributed by atoms with Gasteiger partial charge in [-0.2, -0.15) is 0 Å². The second-order valence-electron chi connectivity index (χ2n) is 10.3. The molecule has 0 spiro atoms. The van der Waals surface area contributed by atoms with E-state index in [1.807, 2.05) is 0 Å². The van der Waals surface area contributed by atoms with Crippen molar-refractivity contribution < 1.29 is 15.3 Å². The molecule has 194 valence electrons. The van der Waals surface area contributed by atoms with Crippen molar-refractivity contribution in [3.8, 4) is 0 Å². The molecule has 3 N–H and O–H groups in total. The molecule has 3 nitrogen and oxygen atoms in total. The Morgan fingerprint density at radius 2 is 0.656 bits per heavy atom. The first-order valence-corrected chi connectivity index (χ1v) is 14.7. The highest BCUT2D eigenvalue weighted by Gasteiger charge is 2.17. The second-order valence-corrected chi connectivity index (χ2v) is 10.3. The van der Waals surface area contributed by atoms with E-state index in [-0.39, 0.29) is 6.10 Å². The highest BCUT2D eigenvalue weighted by Crippen LogP contribution is 2.17. The predicted octanol–water partition coefficient (Wildman–Crippen LogP) is 8.47. The highest BCUT2D eigenvalue weighted by atomic mass is 16.3. The van der Waals surface area contributed by atoms with Gasteiger partial charge >= 0.3 is 0 Å². The lowest BCUT2D eigenvalue weighted by Crippen LogP contribution is -2.27. The van der Waals surface area contributed by atoms with Gasteiger partial charge in [-0.25, -0.2) is 0 Å². The van der Waals surface area contributed by atoms with E-state index in [1.54, 1.807) is 0 Å². The molecule has 0 rings (SSSR count). The molecule has 0 heterocycles. The Morgan fingerprint density at radius 1 is 0.344 bits per heavy atom. The van der Waals surface area contributed by atoms with Crippen LogP contribution in [0.4, 0.5) is 0 Å². The maximum Gasteiger partial charge on any atom is 0.0800 e. The minimum atomic E-state index is -0.683. The monoisotopic (exact) mass is 456 g/mol. The van der Waals surface area contributed by atoms with Crippen molar-refractivity contribution in [1.29, 1.82) is 0 Å². The fourth-order valence-electron chi connectivity index (χ4n) is 4.60. The third-order valence-electron chi connectivity index (χ3n) is 6.98. The first-order chi connectivity index (χ1) is 15.6. The molecule has 0 aromatic heterocycles. The number of aliphatic hydroxyl groups excluding tert-OH is 3. The summed E-state index contributed by atoms with van der Waals surface area (Å²) in [5.41, 5.74) is 0. The van der Waals surface area contributed by atoms with Gasteiger partial charge in [0, 0.05) is 0 Å². The third kappa shape index (κ3) is 23.1. The van der Waals surface area contributed by atoms with Gasteiger partial charge in [0.05, 0.1) is 18.3 Å². The van der Waals surface area contributed by atoms with Crippen molar-refractivity contribution in [3.63, 3.8) is 0 Å². The highest BCUT2D eigenvalue weighted by molar-refractivity contribution is 4.69. The van der Waals surface area contributed by atoms with Crippen LogP contribution in [0, 0.1) is 0 Å². The summed E-state index contributed by atoms with van der Waals surface area (Å²) in [6, 6.07) is 0. The summed E-state index contributed by atoms with van der Waals surface area (Å²) in [4.78, 5) is 0. The Kier molecular flexibility index (Phi) is 25.4. The van der Waals surface area contributed by atoms with Crippen LogP contribution in [0.15, 0.2) is 0 Å². The minimum absolute atomic E-state index is 0.330. The van der Waals surface area contributed by atoms with E-state index in [1.165, 1.54) is 109 Å². The molecule has 0 unspecified atom stereocenters. The fourth-order valence-corrected chi connectivity index (χ4v) is 4.60. The molecule has 0 aromatic carbocycles. The van der Waals surface area contributed by atoms with Gasteiger partial charge in [0.1, 0.15) is 0 Å². The van der Waals surface area contributed by atoms with Crippen LogP contribution >= 0.6 is 0 Å². The molecule has 0 fully saturated rings. The average molecular weight is 457 g/mol. The summed E-state index contributed by atoms with van der Waals surface area (Å²) in [6.45, 7) is 4.45. The number of rotatable bonds is 26. The van der Waals surface area contributed by atoms with E-state index in [4.69, 9.17) is 0 Å². The van der Waals surface area contributed by atoms with E-state index >= 15 is 0 Å². The lowest BCUT2D eigenvalue weighted by molar-refractivity contribution is -0.000429. The van der Waals surface area contributed by atoms with Gasteiger partial charge in [0.2, 0.25) is 0 Å². The first kappa shape index (κ1) is 31.9. The van der Waals surface area contributed by atoms with Crippen LogP contribution in [0.5, 0.6) is 0 Å². The van der Waals surface area contributed by atoms with E-state index in [0.717, 1.165) is 25.7 Å². The van der Waals surface area contributed by atoms with Crippen LogP contribution in [-0.4, -0.2) is 33.6 Å². The lowest BCUT2D eigenvalue weighted by atomic mass is 9.98. The zero-order chi connectivity index (χ0) is 23.7. The van der Waals surface area contributed by atoms with Gasteiger partial charge in [-0.15, -0.1) is 0 Å². The Bertz CT molecular complexity index is 347. The van der Waals surface area contributed by atoms with Crippen molar-refractivity contribution in [3.05, 3.63) is 0 Å². The smallest absolute Gasteiger partial charge is 0.0800 e. The topological polar surface area (TPSA) is 60.7 Å². The van der Waals surface area contributed by atoms with Gasteiger partial charge in [-0.1, -0.05) is 142 Å². The molecular formula is C29H60O3. The molecule has 0 aliphatic rings. The molecule has 3 heteroatoms. The molecule has 0 aliphatic heterocycles. The molecule has 0 radical (unpaired) electrons. The van der Waals surface area contributed by atoms with Crippen LogP contribution in [-0.2, 0) is 0 Å². The van der Waals surface area contributed by atoms with Gasteiger partial charge in [-0.3, -0.25) is 0 Å². The molecular weight excluding hydrogens is 396 g/mol. The van der Waals surface area contributed by atoms with Gasteiger partial charge in [-0.05, 0) is 25.7 Å². The third-order valence-corrected chi connectivity index (χ3v) is 6.98. The van der Waals surface area contributed by atoms with E-state index < -0.39 is 12.2 Å². The summed E-state index contributed by atoms with van der Waals surface area (Å²) < 4.78 is 0. The van der Waals surface area contributed by atoms with Gasteiger partial charge < -0.3 is 15.3 Å². The Hall–Kier alpha value is -0.120. The SMILES string of the molecule is CCCCCCCCCCCCCCCCCC[C@H](O)CC[C@@H](O)[C@@H](O)CCCCCC.